The molecule has 0 aliphatic heterocycles. The Hall–Kier alpha value is -1.70. The highest BCUT2D eigenvalue weighted by molar-refractivity contribution is 5.74. The van der Waals surface area contributed by atoms with E-state index in [-0.39, 0.29) is 0 Å². The number of methoxy groups -OCH3 is 1. The van der Waals surface area contributed by atoms with Crippen LogP contribution in [-0.4, -0.2) is 14.2 Å². The van der Waals surface area contributed by atoms with Crippen LogP contribution in [0.4, 0.5) is 0 Å². The summed E-state index contributed by atoms with van der Waals surface area (Å²) < 4.78 is 5.23. The van der Waals surface area contributed by atoms with Crippen molar-refractivity contribution in [2.75, 3.05) is 14.2 Å². The molecule has 0 aromatic heterocycles. The van der Waals surface area contributed by atoms with E-state index in [1.54, 1.807) is 13.2 Å². The first-order chi connectivity index (χ1) is 6.74. The molecule has 0 radical (unpaired) electrons. The van der Waals surface area contributed by atoms with Gasteiger partial charge in [-0.2, -0.15) is 0 Å². The molecule has 0 fully saturated rings. The number of nitrogens with one attached hydrogen (secondary N) is 1. The lowest BCUT2D eigenvalue weighted by atomic mass is 10.0. The lowest BCUT2D eigenvalue weighted by molar-refractivity contribution is 0.413. The molecular weight excluding hydrogens is 174 g/mol. The highest BCUT2D eigenvalue weighted by Gasteiger charge is 2.06. The number of rotatable bonds is 4. The van der Waals surface area contributed by atoms with Crippen molar-refractivity contribution in [3.8, 4) is 5.75 Å². The molecule has 0 saturated carbocycles. The number of ether oxygens (including phenoxy) is 1. The molecular formula is C12H15NO. The predicted octanol–water partition coefficient (Wildman–Crippen LogP) is 2.53. The Morgan fingerprint density at radius 2 is 2.21 bits per heavy atom. The van der Waals surface area contributed by atoms with E-state index in [4.69, 9.17) is 4.74 Å². The summed E-state index contributed by atoms with van der Waals surface area (Å²) in [5, 5.41) is 3.01. The zero-order valence-corrected chi connectivity index (χ0v) is 8.63. The number of hydrogen-bond acceptors (Lipinski definition) is 2. The van der Waals surface area contributed by atoms with E-state index in [2.05, 4.69) is 18.5 Å². The summed E-state index contributed by atoms with van der Waals surface area (Å²) in [4.78, 5) is 0. The van der Waals surface area contributed by atoms with Crippen LogP contribution in [0.3, 0.4) is 0 Å². The average molecular weight is 189 g/mol. The quantitative estimate of drug-likeness (QED) is 0.785. The Morgan fingerprint density at radius 1 is 1.50 bits per heavy atom. The van der Waals surface area contributed by atoms with Crippen LogP contribution in [0.1, 0.15) is 11.1 Å². The van der Waals surface area contributed by atoms with Gasteiger partial charge in [0.1, 0.15) is 5.75 Å². The van der Waals surface area contributed by atoms with E-state index >= 15 is 0 Å². The van der Waals surface area contributed by atoms with Crippen LogP contribution in [-0.2, 0) is 0 Å². The SMILES string of the molecule is C=Cc1c(OC)cccc1C(=C)NC. The van der Waals surface area contributed by atoms with Gasteiger partial charge < -0.3 is 10.1 Å². The Labute approximate surface area is 84.9 Å². The van der Waals surface area contributed by atoms with Gasteiger partial charge >= 0.3 is 0 Å². The maximum absolute atomic E-state index is 5.23. The van der Waals surface area contributed by atoms with Crippen molar-refractivity contribution in [2.24, 2.45) is 0 Å². The minimum atomic E-state index is 0.814. The van der Waals surface area contributed by atoms with Gasteiger partial charge in [0.05, 0.1) is 7.11 Å². The molecule has 0 aliphatic carbocycles. The van der Waals surface area contributed by atoms with Crippen LogP contribution in [0.5, 0.6) is 5.75 Å². The standard InChI is InChI=1S/C12H15NO/c1-5-10-11(9(2)13-3)7-6-8-12(10)14-4/h5-8,13H,1-2H2,3-4H3. The summed E-state index contributed by atoms with van der Waals surface area (Å²) in [5.41, 5.74) is 2.84. The fraction of sp³-hybridized carbons (Fsp3) is 0.167. The van der Waals surface area contributed by atoms with Crippen LogP contribution in [0.15, 0.2) is 31.4 Å². The van der Waals surface area contributed by atoms with Gasteiger partial charge in [0, 0.05) is 23.9 Å². The van der Waals surface area contributed by atoms with Gasteiger partial charge in [0.2, 0.25) is 0 Å². The van der Waals surface area contributed by atoms with Crippen molar-refractivity contribution in [3.63, 3.8) is 0 Å². The smallest absolute Gasteiger partial charge is 0.126 e. The monoisotopic (exact) mass is 189 g/mol. The van der Waals surface area contributed by atoms with Crippen LogP contribution in [0.2, 0.25) is 0 Å². The highest BCUT2D eigenvalue weighted by Crippen LogP contribution is 2.26. The van der Waals surface area contributed by atoms with Crippen molar-refractivity contribution >= 4 is 11.8 Å². The predicted molar refractivity (Wildman–Crippen MR) is 61.2 cm³/mol. The highest BCUT2D eigenvalue weighted by atomic mass is 16.5. The second-order valence-electron chi connectivity index (χ2n) is 2.85. The Bertz CT molecular complexity index is 355. The normalized spacial score (nSPS) is 9.29. The van der Waals surface area contributed by atoms with Gasteiger partial charge in [-0.1, -0.05) is 31.4 Å². The summed E-state index contributed by atoms with van der Waals surface area (Å²) in [7, 11) is 3.49. The summed E-state index contributed by atoms with van der Waals surface area (Å²) in [6.45, 7) is 7.68. The van der Waals surface area contributed by atoms with Gasteiger partial charge in [-0.15, -0.1) is 0 Å². The third-order valence-corrected chi connectivity index (χ3v) is 2.12. The maximum Gasteiger partial charge on any atom is 0.126 e. The molecule has 1 rings (SSSR count). The second-order valence-corrected chi connectivity index (χ2v) is 2.85. The fourth-order valence-electron chi connectivity index (χ4n) is 1.33. The first kappa shape index (κ1) is 10.4. The maximum atomic E-state index is 5.23. The van der Waals surface area contributed by atoms with E-state index in [9.17, 15) is 0 Å². The van der Waals surface area contributed by atoms with E-state index in [1.807, 2.05) is 25.2 Å². The van der Waals surface area contributed by atoms with Crippen molar-refractivity contribution < 1.29 is 4.74 Å². The summed E-state index contributed by atoms with van der Waals surface area (Å²) in [5.74, 6) is 0.814. The van der Waals surface area contributed by atoms with Gasteiger partial charge in [0.15, 0.2) is 0 Å². The molecule has 0 bridgehead atoms. The lowest BCUT2D eigenvalue weighted by Crippen LogP contribution is -2.05. The van der Waals surface area contributed by atoms with Gasteiger partial charge in [-0.3, -0.25) is 0 Å². The zero-order valence-electron chi connectivity index (χ0n) is 8.63. The molecule has 2 heteroatoms. The fourth-order valence-corrected chi connectivity index (χ4v) is 1.33. The summed E-state index contributed by atoms with van der Waals surface area (Å²) >= 11 is 0. The number of benzene rings is 1. The molecule has 0 unspecified atom stereocenters. The van der Waals surface area contributed by atoms with Crippen molar-refractivity contribution in [3.05, 3.63) is 42.5 Å². The lowest BCUT2D eigenvalue weighted by Gasteiger charge is -2.12. The van der Waals surface area contributed by atoms with Crippen LogP contribution in [0, 0.1) is 0 Å². The molecule has 2 nitrogen and oxygen atoms in total. The first-order valence-corrected chi connectivity index (χ1v) is 4.41. The molecule has 1 aromatic carbocycles. The molecule has 1 N–H and O–H groups in total. The molecule has 0 atom stereocenters. The molecule has 1 aromatic rings. The largest absolute Gasteiger partial charge is 0.496 e. The molecule has 14 heavy (non-hydrogen) atoms. The number of hydrogen-bond donors (Lipinski definition) is 1. The van der Waals surface area contributed by atoms with Gasteiger partial charge in [-0.05, 0) is 6.07 Å². The second kappa shape index (κ2) is 4.51. The Balaban J connectivity index is 3.28. The summed E-state index contributed by atoms with van der Waals surface area (Å²) in [6, 6.07) is 5.82. The van der Waals surface area contributed by atoms with E-state index < -0.39 is 0 Å². The zero-order chi connectivity index (χ0) is 10.6. The van der Waals surface area contributed by atoms with E-state index in [0.717, 1.165) is 22.6 Å². The molecule has 0 saturated heterocycles. The average Bonchev–Trinajstić information content (AvgIpc) is 2.26. The Kier molecular flexibility index (Phi) is 3.35. The van der Waals surface area contributed by atoms with E-state index in [1.165, 1.54) is 0 Å². The van der Waals surface area contributed by atoms with Crippen molar-refractivity contribution in [1.82, 2.24) is 5.32 Å². The molecule has 0 amide bonds. The topological polar surface area (TPSA) is 21.3 Å². The molecule has 74 valence electrons. The molecule has 0 aliphatic rings. The third-order valence-electron chi connectivity index (χ3n) is 2.12. The van der Waals surface area contributed by atoms with Gasteiger partial charge in [0.25, 0.3) is 0 Å². The van der Waals surface area contributed by atoms with E-state index in [0.29, 0.717) is 0 Å². The molecule has 0 spiro atoms. The van der Waals surface area contributed by atoms with Crippen LogP contribution >= 0.6 is 0 Å². The van der Waals surface area contributed by atoms with Crippen molar-refractivity contribution in [2.45, 2.75) is 0 Å². The Morgan fingerprint density at radius 3 is 2.71 bits per heavy atom. The minimum Gasteiger partial charge on any atom is -0.496 e. The van der Waals surface area contributed by atoms with Gasteiger partial charge in [-0.25, -0.2) is 0 Å². The van der Waals surface area contributed by atoms with Crippen molar-refractivity contribution in [1.29, 1.82) is 0 Å². The molecule has 0 heterocycles. The third kappa shape index (κ3) is 1.79. The first-order valence-electron chi connectivity index (χ1n) is 4.41. The van der Waals surface area contributed by atoms with Crippen LogP contribution in [0.25, 0.3) is 11.8 Å². The minimum absolute atomic E-state index is 0.814. The summed E-state index contributed by atoms with van der Waals surface area (Å²) in [6.07, 6.45) is 1.77. The van der Waals surface area contributed by atoms with Crippen LogP contribution < -0.4 is 10.1 Å².